The predicted octanol–water partition coefficient (Wildman–Crippen LogP) is 4.73. The van der Waals surface area contributed by atoms with Crippen LogP contribution in [0.3, 0.4) is 0 Å². The Morgan fingerprint density at radius 2 is 1.90 bits per heavy atom. The molecule has 0 aliphatic carbocycles. The molecule has 0 saturated heterocycles. The van der Waals surface area contributed by atoms with Crippen LogP contribution in [-0.4, -0.2) is 18.6 Å². The summed E-state index contributed by atoms with van der Waals surface area (Å²) in [6.45, 7) is 12.4. The van der Waals surface area contributed by atoms with Crippen LogP contribution in [0.1, 0.15) is 59.4 Å². The second-order valence-corrected chi connectivity index (χ2v) is 6.08. The van der Waals surface area contributed by atoms with Crippen LogP contribution < -0.4 is 10.2 Å². The van der Waals surface area contributed by atoms with Crippen LogP contribution in [0.2, 0.25) is 0 Å². The molecule has 0 heterocycles. The van der Waals surface area contributed by atoms with Crippen LogP contribution in [0.5, 0.6) is 0 Å². The number of anilines is 1. The zero-order valence-electron chi connectivity index (χ0n) is 14.2. The molecule has 2 nitrogen and oxygen atoms in total. The molecule has 0 fully saturated rings. The largest absolute Gasteiger partial charge is 0.368 e. The molecule has 0 bridgehead atoms. The Morgan fingerprint density at radius 3 is 2.48 bits per heavy atom. The van der Waals surface area contributed by atoms with Gasteiger partial charge < -0.3 is 10.2 Å². The number of nitrogens with zero attached hydrogens (tertiary/aromatic N) is 1. The zero-order chi connectivity index (χ0) is 15.8. The van der Waals surface area contributed by atoms with Crippen molar-refractivity contribution in [1.29, 1.82) is 0 Å². The van der Waals surface area contributed by atoms with E-state index >= 15 is 0 Å². The summed E-state index contributed by atoms with van der Waals surface area (Å²) in [5.41, 5.74) is 1.84. The Hall–Kier alpha value is -1.09. The lowest BCUT2D eigenvalue weighted by molar-refractivity contribution is 0.543. The van der Waals surface area contributed by atoms with E-state index in [2.05, 4.69) is 50.9 Å². The van der Waals surface area contributed by atoms with Gasteiger partial charge >= 0.3 is 0 Å². The summed E-state index contributed by atoms with van der Waals surface area (Å²) in [5, 5.41) is 3.34. The third-order valence-electron chi connectivity index (χ3n) is 3.97. The highest BCUT2D eigenvalue weighted by molar-refractivity contribution is 5.55. The first-order valence-electron chi connectivity index (χ1n) is 8.28. The van der Waals surface area contributed by atoms with E-state index in [1.54, 1.807) is 6.07 Å². The summed E-state index contributed by atoms with van der Waals surface area (Å²) in [6, 6.07) is 6.23. The van der Waals surface area contributed by atoms with E-state index in [0.29, 0.717) is 18.6 Å². The molecular weight excluding hydrogens is 263 g/mol. The highest BCUT2D eigenvalue weighted by Gasteiger charge is 2.18. The van der Waals surface area contributed by atoms with Crippen LogP contribution in [0.15, 0.2) is 18.2 Å². The number of nitrogens with one attached hydrogen (secondary N) is 1. The fourth-order valence-electron chi connectivity index (χ4n) is 2.42. The maximum absolute atomic E-state index is 14.3. The van der Waals surface area contributed by atoms with Crippen molar-refractivity contribution in [2.75, 3.05) is 11.4 Å². The monoisotopic (exact) mass is 294 g/mol. The van der Waals surface area contributed by atoms with E-state index in [1.165, 1.54) is 0 Å². The minimum atomic E-state index is -0.106. The molecule has 1 rings (SSSR count). The standard InChI is InChI=1S/C18H31FN2/c1-6-8-12-21(15(5)7-2)18-11-9-10-17(19)16(18)13-20-14(3)4/h9-11,14-15,20H,6-8,12-13H2,1-5H3. The Kier molecular flexibility index (Phi) is 7.73. The number of benzene rings is 1. The molecule has 0 aromatic heterocycles. The molecule has 1 unspecified atom stereocenters. The van der Waals surface area contributed by atoms with E-state index in [1.807, 2.05) is 6.07 Å². The molecule has 0 radical (unpaired) electrons. The van der Waals surface area contributed by atoms with Gasteiger partial charge in [-0.05, 0) is 31.9 Å². The van der Waals surface area contributed by atoms with Crippen LogP contribution >= 0.6 is 0 Å². The molecule has 120 valence electrons. The highest BCUT2D eigenvalue weighted by atomic mass is 19.1. The Morgan fingerprint density at radius 1 is 1.19 bits per heavy atom. The van der Waals surface area contributed by atoms with Gasteiger partial charge in [0.05, 0.1) is 0 Å². The molecule has 1 atom stereocenters. The van der Waals surface area contributed by atoms with Gasteiger partial charge in [-0.25, -0.2) is 4.39 Å². The quantitative estimate of drug-likeness (QED) is 0.708. The summed E-state index contributed by atoms with van der Waals surface area (Å²) in [5.74, 6) is -0.106. The van der Waals surface area contributed by atoms with Gasteiger partial charge in [-0.1, -0.05) is 40.2 Å². The van der Waals surface area contributed by atoms with Crippen molar-refractivity contribution in [3.8, 4) is 0 Å². The average molecular weight is 294 g/mol. The lowest BCUT2D eigenvalue weighted by atomic mass is 10.1. The van der Waals surface area contributed by atoms with Crippen molar-refractivity contribution in [2.45, 2.75) is 72.5 Å². The zero-order valence-corrected chi connectivity index (χ0v) is 14.2. The minimum absolute atomic E-state index is 0.106. The van der Waals surface area contributed by atoms with Gasteiger partial charge in [-0.3, -0.25) is 0 Å². The lowest BCUT2D eigenvalue weighted by Crippen LogP contribution is -2.35. The third-order valence-corrected chi connectivity index (χ3v) is 3.97. The Labute approximate surface area is 129 Å². The van der Waals surface area contributed by atoms with Gasteiger partial charge in [0.1, 0.15) is 5.82 Å². The molecule has 0 aliphatic rings. The summed E-state index contributed by atoms with van der Waals surface area (Å²) in [4.78, 5) is 2.37. The van der Waals surface area contributed by atoms with E-state index in [0.717, 1.165) is 37.1 Å². The molecule has 0 aliphatic heterocycles. The van der Waals surface area contributed by atoms with Gasteiger partial charge in [-0.2, -0.15) is 0 Å². The van der Waals surface area contributed by atoms with E-state index in [9.17, 15) is 4.39 Å². The molecule has 1 aromatic carbocycles. The fourth-order valence-corrected chi connectivity index (χ4v) is 2.42. The van der Waals surface area contributed by atoms with Crippen LogP contribution in [0.25, 0.3) is 0 Å². The molecule has 0 spiro atoms. The van der Waals surface area contributed by atoms with E-state index in [-0.39, 0.29) is 5.82 Å². The maximum atomic E-state index is 14.3. The molecule has 0 saturated carbocycles. The van der Waals surface area contributed by atoms with Crippen molar-refractivity contribution in [3.63, 3.8) is 0 Å². The van der Waals surface area contributed by atoms with Gasteiger partial charge in [0.15, 0.2) is 0 Å². The smallest absolute Gasteiger partial charge is 0.129 e. The molecular formula is C18H31FN2. The first kappa shape index (κ1) is 18.0. The van der Waals surface area contributed by atoms with Gasteiger partial charge in [-0.15, -0.1) is 0 Å². The van der Waals surface area contributed by atoms with Gasteiger partial charge in [0, 0.05) is 36.4 Å². The van der Waals surface area contributed by atoms with Crippen LogP contribution in [-0.2, 0) is 6.54 Å². The summed E-state index contributed by atoms with van der Waals surface area (Å²) < 4.78 is 14.3. The number of hydrogen-bond acceptors (Lipinski definition) is 2. The van der Waals surface area contributed by atoms with Crippen molar-refractivity contribution in [1.82, 2.24) is 5.32 Å². The normalized spacial score (nSPS) is 12.7. The average Bonchev–Trinajstić information content (AvgIpc) is 2.46. The van der Waals surface area contributed by atoms with Crippen molar-refractivity contribution in [3.05, 3.63) is 29.6 Å². The molecule has 21 heavy (non-hydrogen) atoms. The molecule has 3 heteroatoms. The number of unbranched alkanes of at least 4 members (excludes halogenated alkanes) is 1. The first-order valence-corrected chi connectivity index (χ1v) is 8.28. The van der Waals surface area contributed by atoms with Crippen molar-refractivity contribution < 1.29 is 4.39 Å². The van der Waals surface area contributed by atoms with Crippen LogP contribution in [0, 0.1) is 5.82 Å². The fraction of sp³-hybridized carbons (Fsp3) is 0.667. The highest BCUT2D eigenvalue weighted by Crippen LogP contribution is 2.26. The Bertz CT molecular complexity index is 418. The summed E-state index contributed by atoms with van der Waals surface area (Å²) >= 11 is 0. The maximum Gasteiger partial charge on any atom is 0.129 e. The van der Waals surface area contributed by atoms with Gasteiger partial charge in [0.2, 0.25) is 0 Å². The second-order valence-electron chi connectivity index (χ2n) is 6.08. The first-order chi connectivity index (χ1) is 10.0. The van der Waals surface area contributed by atoms with Crippen molar-refractivity contribution in [2.24, 2.45) is 0 Å². The summed E-state index contributed by atoms with van der Waals surface area (Å²) in [7, 11) is 0. The van der Waals surface area contributed by atoms with E-state index in [4.69, 9.17) is 0 Å². The number of halogens is 1. The topological polar surface area (TPSA) is 15.3 Å². The van der Waals surface area contributed by atoms with Gasteiger partial charge in [0.25, 0.3) is 0 Å². The molecule has 1 N–H and O–H groups in total. The second kappa shape index (κ2) is 9.04. The minimum Gasteiger partial charge on any atom is -0.368 e. The Balaban J connectivity index is 3.07. The van der Waals surface area contributed by atoms with Crippen LogP contribution in [0.4, 0.5) is 10.1 Å². The number of rotatable bonds is 9. The lowest BCUT2D eigenvalue weighted by Gasteiger charge is -2.33. The van der Waals surface area contributed by atoms with E-state index < -0.39 is 0 Å². The molecule has 0 amide bonds. The predicted molar refractivity (Wildman–Crippen MR) is 90.4 cm³/mol. The van der Waals surface area contributed by atoms with Crippen molar-refractivity contribution >= 4 is 5.69 Å². The number of hydrogen-bond donors (Lipinski definition) is 1. The summed E-state index contributed by atoms with van der Waals surface area (Å²) in [6.07, 6.45) is 3.36. The third kappa shape index (κ3) is 5.31. The SMILES string of the molecule is CCCCN(c1cccc(F)c1CNC(C)C)C(C)CC. The molecule has 1 aromatic rings.